The molecule has 2 saturated heterocycles. The fourth-order valence-electron chi connectivity index (χ4n) is 5.06. The topological polar surface area (TPSA) is 32.8 Å². The summed E-state index contributed by atoms with van der Waals surface area (Å²) in [6.45, 7) is 4.71. The SMILES string of the molecule is Cc1cc(F)ccc1C1CN(C(=O)CN2CCCC2)CCC1OCc1ccccc1C(F)(F)F. The van der Waals surface area contributed by atoms with Gasteiger partial charge in [-0.1, -0.05) is 24.3 Å². The second-order valence-electron chi connectivity index (χ2n) is 9.22. The molecule has 2 unspecified atom stereocenters. The lowest BCUT2D eigenvalue weighted by Gasteiger charge is -2.40. The summed E-state index contributed by atoms with van der Waals surface area (Å²) in [7, 11) is 0. The number of carbonyl (C=O) groups is 1. The average Bonchev–Trinajstić information content (AvgIpc) is 3.30. The minimum atomic E-state index is -4.46. The van der Waals surface area contributed by atoms with Gasteiger partial charge in [-0.3, -0.25) is 9.69 Å². The number of ether oxygens (including phenoxy) is 1. The van der Waals surface area contributed by atoms with E-state index in [4.69, 9.17) is 4.74 Å². The highest BCUT2D eigenvalue weighted by atomic mass is 19.4. The molecule has 184 valence electrons. The van der Waals surface area contributed by atoms with Gasteiger partial charge in [-0.2, -0.15) is 13.2 Å². The molecular weight excluding hydrogens is 448 g/mol. The van der Waals surface area contributed by atoms with Crippen molar-refractivity contribution in [3.63, 3.8) is 0 Å². The van der Waals surface area contributed by atoms with Crippen molar-refractivity contribution < 1.29 is 27.1 Å². The number of alkyl halides is 3. The van der Waals surface area contributed by atoms with Gasteiger partial charge in [0.1, 0.15) is 5.82 Å². The Morgan fingerprint density at radius 1 is 1.09 bits per heavy atom. The van der Waals surface area contributed by atoms with E-state index in [1.54, 1.807) is 19.1 Å². The summed E-state index contributed by atoms with van der Waals surface area (Å²) in [6.07, 6.45) is -2.15. The van der Waals surface area contributed by atoms with E-state index in [9.17, 15) is 22.4 Å². The Kier molecular flexibility index (Phi) is 7.57. The van der Waals surface area contributed by atoms with Crippen LogP contribution in [0.25, 0.3) is 0 Å². The molecule has 4 rings (SSSR count). The molecule has 2 fully saturated rings. The molecule has 34 heavy (non-hydrogen) atoms. The predicted octanol–water partition coefficient (Wildman–Crippen LogP) is 5.15. The first kappa shape index (κ1) is 24.7. The maximum Gasteiger partial charge on any atom is 0.416 e. The van der Waals surface area contributed by atoms with Gasteiger partial charge in [-0.25, -0.2) is 4.39 Å². The molecule has 0 bridgehead atoms. The molecule has 2 aliphatic heterocycles. The molecule has 2 atom stereocenters. The molecule has 0 N–H and O–H groups in total. The Labute approximate surface area is 197 Å². The van der Waals surface area contributed by atoms with Crippen molar-refractivity contribution in [3.8, 4) is 0 Å². The van der Waals surface area contributed by atoms with Crippen molar-refractivity contribution in [1.29, 1.82) is 0 Å². The van der Waals surface area contributed by atoms with Gasteiger partial charge in [0.2, 0.25) is 5.91 Å². The van der Waals surface area contributed by atoms with Gasteiger partial charge in [0.25, 0.3) is 0 Å². The van der Waals surface area contributed by atoms with E-state index in [1.807, 2.05) is 4.90 Å². The number of hydrogen-bond donors (Lipinski definition) is 0. The first-order valence-corrected chi connectivity index (χ1v) is 11.8. The van der Waals surface area contributed by atoms with E-state index < -0.39 is 11.7 Å². The quantitative estimate of drug-likeness (QED) is 0.539. The molecule has 4 nitrogen and oxygen atoms in total. The highest BCUT2D eigenvalue weighted by molar-refractivity contribution is 5.78. The summed E-state index contributed by atoms with van der Waals surface area (Å²) in [5, 5.41) is 0. The van der Waals surface area contributed by atoms with Crippen LogP contribution in [0.3, 0.4) is 0 Å². The first-order valence-electron chi connectivity index (χ1n) is 11.8. The van der Waals surface area contributed by atoms with E-state index >= 15 is 0 Å². The minimum absolute atomic E-state index is 0.0486. The van der Waals surface area contributed by atoms with Crippen LogP contribution in [0.1, 0.15) is 47.4 Å². The normalized spacial score (nSPS) is 21.7. The standard InChI is InChI=1S/C26H30F4N2O2/c1-18-14-20(27)8-9-21(18)22-15-32(25(33)16-31-11-4-5-12-31)13-10-24(22)34-17-19-6-2-3-7-23(19)26(28,29)30/h2-3,6-9,14,22,24H,4-5,10-13,15-17H2,1H3. The van der Waals surface area contributed by atoms with Crippen LogP contribution in [0.4, 0.5) is 17.6 Å². The van der Waals surface area contributed by atoms with Crippen molar-refractivity contribution in [2.45, 2.75) is 51.0 Å². The molecule has 2 aliphatic rings. The second-order valence-corrected chi connectivity index (χ2v) is 9.22. The van der Waals surface area contributed by atoms with Crippen LogP contribution < -0.4 is 0 Å². The number of rotatable bonds is 6. The summed E-state index contributed by atoms with van der Waals surface area (Å²) >= 11 is 0. The van der Waals surface area contributed by atoms with Crippen LogP contribution in [0.5, 0.6) is 0 Å². The number of aryl methyl sites for hydroxylation is 1. The lowest BCUT2D eigenvalue weighted by Crippen LogP contribution is -2.48. The number of likely N-dealkylation sites (tertiary alicyclic amines) is 2. The van der Waals surface area contributed by atoms with Gasteiger partial charge in [-0.05, 0) is 74.2 Å². The molecule has 2 aromatic rings. The Hall–Kier alpha value is -2.45. The smallest absolute Gasteiger partial charge is 0.373 e. The molecule has 0 aromatic heterocycles. The summed E-state index contributed by atoms with van der Waals surface area (Å²) in [5.74, 6) is -0.557. The molecule has 0 radical (unpaired) electrons. The Morgan fingerprint density at radius 2 is 1.82 bits per heavy atom. The molecule has 0 spiro atoms. The Balaban J connectivity index is 1.52. The predicted molar refractivity (Wildman–Crippen MR) is 121 cm³/mol. The molecule has 1 amide bonds. The zero-order valence-electron chi connectivity index (χ0n) is 19.3. The molecule has 0 aliphatic carbocycles. The van der Waals surface area contributed by atoms with Crippen molar-refractivity contribution in [2.24, 2.45) is 0 Å². The van der Waals surface area contributed by atoms with Crippen LogP contribution in [-0.4, -0.2) is 54.5 Å². The fraction of sp³-hybridized carbons (Fsp3) is 0.500. The Morgan fingerprint density at radius 3 is 2.53 bits per heavy atom. The van der Waals surface area contributed by atoms with E-state index in [2.05, 4.69) is 4.90 Å². The largest absolute Gasteiger partial charge is 0.416 e. The van der Waals surface area contributed by atoms with Gasteiger partial charge >= 0.3 is 6.18 Å². The zero-order chi connectivity index (χ0) is 24.3. The molecule has 0 saturated carbocycles. The number of hydrogen-bond acceptors (Lipinski definition) is 3. The van der Waals surface area contributed by atoms with Crippen molar-refractivity contribution in [3.05, 3.63) is 70.5 Å². The van der Waals surface area contributed by atoms with Crippen LogP contribution >= 0.6 is 0 Å². The lowest BCUT2D eigenvalue weighted by molar-refractivity contribution is -0.140. The lowest BCUT2D eigenvalue weighted by atomic mass is 9.85. The van der Waals surface area contributed by atoms with Gasteiger partial charge in [0.05, 0.1) is 24.8 Å². The minimum Gasteiger partial charge on any atom is -0.373 e. The summed E-state index contributed by atoms with van der Waals surface area (Å²) in [6, 6.07) is 9.93. The van der Waals surface area contributed by atoms with Crippen LogP contribution in [0.15, 0.2) is 42.5 Å². The van der Waals surface area contributed by atoms with Crippen molar-refractivity contribution >= 4 is 5.91 Å². The number of benzene rings is 2. The monoisotopic (exact) mass is 478 g/mol. The number of halogens is 4. The maximum atomic E-state index is 13.8. The van der Waals surface area contributed by atoms with Gasteiger partial charge in [0, 0.05) is 19.0 Å². The molecule has 2 heterocycles. The number of nitrogens with zero attached hydrogens (tertiary/aromatic N) is 2. The Bertz CT molecular complexity index is 1000. The van der Waals surface area contributed by atoms with Crippen molar-refractivity contribution in [2.75, 3.05) is 32.7 Å². The van der Waals surface area contributed by atoms with E-state index in [0.29, 0.717) is 26.1 Å². The summed E-state index contributed by atoms with van der Waals surface area (Å²) < 4.78 is 60.1. The van der Waals surface area contributed by atoms with Crippen LogP contribution in [0, 0.1) is 12.7 Å². The molecule has 2 aromatic carbocycles. The van der Waals surface area contributed by atoms with Crippen LogP contribution in [-0.2, 0) is 22.3 Å². The fourth-order valence-corrected chi connectivity index (χ4v) is 5.06. The maximum absolute atomic E-state index is 13.8. The van der Waals surface area contributed by atoms with Crippen LogP contribution in [0.2, 0.25) is 0 Å². The first-order chi connectivity index (χ1) is 16.2. The van der Waals surface area contributed by atoms with Crippen molar-refractivity contribution in [1.82, 2.24) is 9.80 Å². The third kappa shape index (κ3) is 5.78. The zero-order valence-corrected chi connectivity index (χ0v) is 19.3. The number of piperidine rings is 1. The molecule has 8 heteroatoms. The highest BCUT2D eigenvalue weighted by Gasteiger charge is 2.36. The third-order valence-electron chi connectivity index (χ3n) is 6.87. The second kappa shape index (κ2) is 10.4. The highest BCUT2D eigenvalue weighted by Crippen LogP contribution is 2.35. The van der Waals surface area contributed by atoms with Gasteiger partial charge in [-0.15, -0.1) is 0 Å². The third-order valence-corrected chi connectivity index (χ3v) is 6.87. The number of amides is 1. The number of carbonyl (C=O) groups excluding carboxylic acids is 1. The van der Waals surface area contributed by atoms with Gasteiger partial charge < -0.3 is 9.64 Å². The van der Waals surface area contributed by atoms with E-state index in [-0.39, 0.29) is 35.9 Å². The molecular formula is C26H30F4N2O2. The van der Waals surface area contributed by atoms with Gasteiger partial charge in [0.15, 0.2) is 0 Å². The van der Waals surface area contributed by atoms with E-state index in [0.717, 1.165) is 43.1 Å². The summed E-state index contributed by atoms with van der Waals surface area (Å²) in [4.78, 5) is 16.9. The summed E-state index contributed by atoms with van der Waals surface area (Å²) in [5.41, 5.74) is 0.970. The average molecular weight is 479 g/mol. The van der Waals surface area contributed by atoms with E-state index in [1.165, 1.54) is 24.3 Å².